The third kappa shape index (κ3) is 4.65. The van der Waals surface area contributed by atoms with Crippen LogP contribution in [0.4, 0.5) is 5.69 Å². The molecule has 0 bridgehead atoms. The van der Waals surface area contributed by atoms with Crippen LogP contribution in [0.1, 0.15) is 33.6 Å². The smallest absolute Gasteiger partial charge is 0.0540 e. The number of nitrogens with zero attached hydrogens (tertiary/aromatic N) is 1. The largest absolute Gasteiger partial charge is 0.381 e. The van der Waals surface area contributed by atoms with E-state index in [1.165, 1.54) is 12.8 Å². The van der Waals surface area contributed by atoms with Crippen LogP contribution in [-0.2, 0) is 0 Å². The van der Waals surface area contributed by atoms with Gasteiger partial charge in [0.15, 0.2) is 0 Å². The fourth-order valence-electron chi connectivity index (χ4n) is 1.60. The van der Waals surface area contributed by atoms with E-state index in [4.69, 9.17) is 0 Å². The fraction of sp³-hybridized carbons (Fsp3) is 0.583. The van der Waals surface area contributed by atoms with Gasteiger partial charge in [0.1, 0.15) is 0 Å². The quantitative estimate of drug-likeness (QED) is 0.872. The summed E-state index contributed by atoms with van der Waals surface area (Å²) < 4.78 is 1.02. The molecule has 0 saturated carbocycles. The lowest BCUT2D eigenvalue weighted by Gasteiger charge is -2.18. The second-order valence-corrected chi connectivity index (χ2v) is 5.10. The summed E-state index contributed by atoms with van der Waals surface area (Å²) in [6.07, 6.45) is 6.09. The van der Waals surface area contributed by atoms with Crippen LogP contribution in [0.2, 0.25) is 0 Å². The molecule has 2 atom stereocenters. The first kappa shape index (κ1) is 12.5. The van der Waals surface area contributed by atoms with Crippen molar-refractivity contribution in [2.45, 2.75) is 39.7 Å². The Kier molecular flexibility index (Phi) is 5.09. The second-order valence-electron chi connectivity index (χ2n) is 4.19. The van der Waals surface area contributed by atoms with Gasteiger partial charge in [0.2, 0.25) is 0 Å². The zero-order valence-corrected chi connectivity index (χ0v) is 11.2. The summed E-state index contributed by atoms with van der Waals surface area (Å²) in [4.78, 5) is 4.13. The van der Waals surface area contributed by atoms with Crippen molar-refractivity contribution < 1.29 is 0 Å². The standard InChI is InChI=1S/C12H19BrN2/c1-4-9(2)5-10(3)15-12-6-11(13)7-14-8-12/h6-10,15H,4-5H2,1-3H3. The number of hydrogen-bond donors (Lipinski definition) is 1. The first-order valence-corrected chi connectivity index (χ1v) is 6.28. The Morgan fingerprint density at radius 1 is 1.40 bits per heavy atom. The Hall–Kier alpha value is -0.570. The first-order valence-electron chi connectivity index (χ1n) is 5.49. The lowest BCUT2D eigenvalue weighted by atomic mass is 10.0. The number of nitrogens with one attached hydrogen (secondary N) is 1. The molecule has 1 rings (SSSR count). The van der Waals surface area contributed by atoms with E-state index in [1.54, 1.807) is 6.20 Å². The van der Waals surface area contributed by atoms with Gasteiger partial charge in [0.05, 0.1) is 11.9 Å². The second kappa shape index (κ2) is 6.11. The van der Waals surface area contributed by atoms with Crippen LogP contribution < -0.4 is 5.32 Å². The Morgan fingerprint density at radius 2 is 2.13 bits per heavy atom. The van der Waals surface area contributed by atoms with Crippen molar-refractivity contribution in [1.29, 1.82) is 0 Å². The van der Waals surface area contributed by atoms with Crippen molar-refractivity contribution >= 4 is 21.6 Å². The van der Waals surface area contributed by atoms with Gasteiger partial charge >= 0.3 is 0 Å². The highest BCUT2D eigenvalue weighted by molar-refractivity contribution is 9.10. The third-order valence-corrected chi connectivity index (χ3v) is 3.00. The topological polar surface area (TPSA) is 24.9 Å². The Bertz CT molecular complexity index is 301. The summed E-state index contributed by atoms with van der Waals surface area (Å²) in [5.74, 6) is 0.771. The van der Waals surface area contributed by atoms with Gasteiger partial charge in [-0.05, 0) is 41.3 Å². The molecule has 0 aliphatic rings. The van der Waals surface area contributed by atoms with Gasteiger partial charge in [-0.3, -0.25) is 4.98 Å². The van der Waals surface area contributed by atoms with E-state index in [0.29, 0.717) is 6.04 Å². The van der Waals surface area contributed by atoms with Crippen LogP contribution >= 0.6 is 15.9 Å². The average molecular weight is 271 g/mol. The Labute approximate surface area is 101 Å². The molecule has 15 heavy (non-hydrogen) atoms. The van der Waals surface area contributed by atoms with E-state index in [-0.39, 0.29) is 0 Å². The van der Waals surface area contributed by atoms with E-state index in [9.17, 15) is 0 Å². The Morgan fingerprint density at radius 3 is 2.73 bits per heavy atom. The predicted octanol–water partition coefficient (Wildman–Crippen LogP) is 4.08. The van der Waals surface area contributed by atoms with Crippen LogP contribution in [0.3, 0.4) is 0 Å². The molecule has 1 heterocycles. The van der Waals surface area contributed by atoms with Gasteiger partial charge in [0, 0.05) is 16.7 Å². The molecule has 2 unspecified atom stereocenters. The molecule has 1 aromatic heterocycles. The number of pyridine rings is 1. The monoisotopic (exact) mass is 270 g/mol. The van der Waals surface area contributed by atoms with E-state index in [0.717, 1.165) is 16.1 Å². The summed E-state index contributed by atoms with van der Waals surface area (Å²) in [6, 6.07) is 2.55. The van der Waals surface area contributed by atoms with E-state index < -0.39 is 0 Å². The SMILES string of the molecule is CCC(C)CC(C)Nc1cncc(Br)c1. The van der Waals surface area contributed by atoms with Crippen LogP contribution in [0.15, 0.2) is 22.9 Å². The number of aromatic nitrogens is 1. The normalized spacial score (nSPS) is 14.7. The van der Waals surface area contributed by atoms with Crippen LogP contribution in [0.25, 0.3) is 0 Å². The van der Waals surface area contributed by atoms with E-state index >= 15 is 0 Å². The summed E-state index contributed by atoms with van der Waals surface area (Å²) in [5.41, 5.74) is 1.08. The molecule has 0 fully saturated rings. The molecule has 0 aromatic carbocycles. The van der Waals surface area contributed by atoms with Crippen molar-refractivity contribution in [1.82, 2.24) is 4.98 Å². The maximum Gasteiger partial charge on any atom is 0.0540 e. The average Bonchev–Trinajstić information content (AvgIpc) is 2.17. The van der Waals surface area contributed by atoms with Gasteiger partial charge in [-0.25, -0.2) is 0 Å². The molecular formula is C12H19BrN2. The van der Waals surface area contributed by atoms with E-state index in [1.807, 2.05) is 6.20 Å². The van der Waals surface area contributed by atoms with Crippen molar-refractivity contribution in [2.75, 3.05) is 5.32 Å². The molecule has 0 radical (unpaired) electrons. The van der Waals surface area contributed by atoms with Gasteiger partial charge in [-0.2, -0.15) is 0 Å². The van der Waals surface area contributed by atoms with Gasteiger partial charge < -0.3 is 5.32 Å². The minimum absolute atomic E-state index is 0.496. The number of hydrogen-bond acceptors (Lipinski definition) is 2. The minimum Gasteiger partial charge on any atom is -0.381 e. The summed E-state index contributed by atoms with van der Waals surface area (Å²) in [5, 5.41) is 3.46. The molecule has 0 spiro atoms. The maximum atomic E-state index is 4.13. The predicted molar refractivity (Wildman–Crippen MR) is 69.1 cm³/mol. The highest BCUT2D eigenvalue weighted by Crippen LogP contribution is 2.17. The maximum absolute atomic E-state index is 4.13. The molecule has 84 valence electrons. The molecule has 0 amide bonds. The van der Waals surface area contributed by atoms with Crippen molar-refractivity contribution in [3.05, 3.63) is 22.9 Å². The lowest BCUT2D eigenvalue weighted by Crippen LogP contribution is -2.18. The lowest BCUT2D eigenvalue weighted by molar-refractivity contribution is 0.484. The van der Waals surface area contributed by atoms with Gasteiger partial charge in [-0.1, -0.05) is 20.3 Å². The van der Waals surface area contributed by atoms with Crippen molar-refractivity contribution in [3.8, 4) is 0 Å². The molecule has 3 heteroatoms. The molecule has 0 aliphatic carbocycles. The summed E-state index contributed by atoms with van der Waals surface area (Å²) in [7, 11) is 0. The summed E-state index contributed by atoms with van der Waals surface area (Å²) in [6.45, 7) is 6.74. The molecular weight excluding hydrogens is 252 g/mol. The zero-order valence-electron chi connectivity index (χ0n) is 9.63. The van der Waals surface area contributed by atoms with Crippen LogP contribution in [-0.4, -0.2) is 11.0 Å². The third-order valence-electron chi connectivity index (χ3n) is 2.57. The molecule has 0 saturated heterocycles. The number of rotatable bonds is 5. The zero-order chi connectivity index (χ0) is 11.3. The van der Waals surface area contributed by atoms with Gasteiger partial charge in [0.25, 0.3) is 0 Å². The fourth-order valence-corrected chi connectivity index (χ4v) is 1.97. The highest BCUT2D eigenvalue weighted by atomic mass is 79.9. The number of halogens is 1. The minimum atomic E-state index is 0.496. The highest BCUT2D eigenvalue weighted by Gasteiger charge is 2.07. The van der Waals surface area contributed by atoms with Crippen molar-refractivity contribution in [3.63, 3.8) is 0 Å². The molecule has 0 aliphatic heterocycles. The molecule has 1 aromatic rings. The van der Waals surface area contributed by atoms with Crippen LogP contribution in [0, 0.1) is 5.92 Å². The number of anilines is 1. The van der Waals surface area contributed by atoms with Gasteiger partial charge in [-0.15, -0.1) is 0 Å². The first-order chi connectivity index (χ1) is 7.11. The molecule has 2 nitrogen and oxygen atoms in total. The molecule has 1 N–H and O–H groups in total. The van der Waals surface area contributed by atoms with E-state index in [2.05, 4.69) is 53.1 Å². The summed E-state index contributed by atoms with van der Waals surface area (Å²) >= 11 is 3.41. The Balaban J connectivity index is 2.47. The van der Waals surface area contributed by atoms with Crippen LogP contribution in [0.5, 0.6) is 0 Å². The van der Waals surface area contributed by atoms with Crippen molar-refractivity contribution in [2.24, 2.45) is 5.92 Å².